The Morgan fingerprint density at radius 2 is 2.13 bits per heavy atom. The Bertz CT molecular complexity index is 302. The van der Waals surface area contributed by atoms with Gasteiger partial charge in [0.1, 0.15) is 5.82 Å². The third-order valence-corrected chi connectivity index (χ3v) is 3.38. The maximum absolute atomic E-state index is 12.9. The Morgan fingerprint density at radius 3 is 2.80 bits per heavy atom. The zero-order valence-electron chi connectivity index (χ0n) is 9.13. The van der Waals surface area contributed by atoms with Crippen LogP contribution in [0.5, 0.6) is 0 Å². The lowest BCUT2D eigenvalue weighted by Gasteiger charge is -2.07. The summed E-state index contributed by atoms with van der Waals surface area (Å²) in [6.07, 6.45) is 2.46. The molecule has 0 aliphatic carbocycles. The van der Waals surface area contributed by atoms with Crippen LogP contribution < -0.4 is 5.73 Å². The molecule has 0 fully saturated rings. The highest BCUT2D eigenvalue weighted by molar-refractivity contribution is 7.98. The van der Waals surface area contributed by atoms with Gasteiger partial charge < -0.3 is 5.73 Å². The molecule has 0 unspecified atom stereocenters. The molecule has 1 rings (SSSR count). The number of hydrogen-bond acceptors (Lipinski definition) is 2. The van der Waals surface area contributed by atoms with Crippen molar-refractivity contribution in [1.29, 1.82) is 0 Å². The normalized spacial score (nSPS) is 10.6. The molecule has 0 atom stereocenters. The lowest BCUT2D eigenvalue weighted by molar-refractivity contribution is 0.624. The molecule has 0 aliphatic rings. The van der Waals surface area contributed by atoms with Crippen molar-refractivity contribution in [2.75, 3.05) is 5.75 Å². The molecule has 0 bridgehead atoms. The van der Waals surface area contributed by atoms with E-state index in [1.807, 2.05) is 17.8 Å². The minimum absolute atomic E-state index is 0.197. The van der Waals surface area contributed by atoms with Gasteiger partial charge in [0.2, 0.25) is 0 Å². The van der Waals surface area contributed by atoms with Crippen LogP contribution in [-0.4, -0.2) is 5.75 Å². The SMILES string of the molecule is CCCCSCc1ccc(F)cc1CN. The quantitative estimate of drug-likeness (QED) is 0.754. The summed E-state index contributed by atoms with van der Waals surface area (Å²) < 4.78 is 12.9. The highest BCUT2D eigenvalue weighted by Crippen LogP contribution is 2.18. The Balaban J connectivity index is 2.52. The van der Waals surface area contributed by atoms with Gasteiger partial charge in [-0.05, 0) is 35.4 Å². The van der Waals surface area contributed by atoms with E-state index in [9.17, 15) is 4.39 Å². The lowest BCUT2D eigenvalue weighted by Crippen LogP contribution is -2.01. The Morgan fingerprint density at radius 1 is 1.33 bits per heavy atom. The largest absolute Gasteiger partial charge is 0.326 e. The standard InChI is InChI=1S/C12H18FNS/c1-2-3-6-15-9-10-4-5-12(13)7-11(10)8-14/h4-5,7H,2-3,6,8-9,14H2,1H3. The van der Waals surface area contributed by atoms with Gasteiger partial charge in [-0.2, -0.15) is 11.8 Å². The molecular weight excluding hydrogens is 209 g/mol. The molecule has 0 aliphatic heterocycles. The van der Waals surface area contributed by atoms with Crippen LogP contribution in [0.1, 0.15) is 30.9 Å². The number of nitrogens with two attached hydrogens (primary N) is 1. The summed E-state index contributed by atoms with van der Waals surface area (Å²) in [5.74, 6) is 1.91. The van der Waals surface area contributed by atoms with E-state index in [0.29, 0.717) is 6.54 Å². The van der Waals surface area contributed by atoms with Crippen LogP contribution in [0.2, 0.25) is 0 Å². The fourth-order valence-corrected chi connectivity index (χ4v) is 2.49. The number of hydrogen-bond donors (Lipinski definition) is 1. The van der Waals surface area contributed by atoms with Gasteiger partial charge in [0.25, 0.3) is 0 Å². The van der Waals surface area contributed by atoms with Crippen molar-refractivity contribution in [3.8, 4) is 0 Å². The first-order valence-electron chi connectivity index (χ1n) is 5.33. The maximum atomic E-state index is 12.9. The summed E-state index contributed by atoms with van der Waals surface area (Å²) in [6, 6.07) is 4.89. The molecule has 1 nitrogen and oxygen atoms in total. The Kier molecular flexibility index (Phi) is 5.73. The second-order valence-corrected chi connectivity index (χ2v) is 4.63. The second kappa shape index (κ2) is 6.85. The van der Waals surface area contributed by atoms with Crippen molar-refractivity contribution in [3.05, 3.63) is 35.1 Å². The minimum atomic E-state index is -0.197. The predicted octanol–water partition coefficient (Wildman–Crippen LogP) is 3.32. The van der Waals surface area contributed by atoms with E-state index in [1.54, 1.807) is 0 Å². The van der Waals surface area contributed by atoms with E-state index >= 15 is 0 Å². The van der Waals surface area contributed by atoms with E-state index in [-0.39, 0.29) is 5.82 Å². The monoisotopic (exact) mass is 227 g/mol. The number of rotatable bonds is 6. The van der Waals surface area contributed by atoms with Crippen LogP contribution in [0.4, 0.5) is 4.39 Å². The van der Waals surface area contributed by atoms with E-state index in [4.69, 9.17) is 5.73 Å². The van der Waals surface area contributed by atoms with Gasteiger partial charge in [-0.3, -0.25) is 0 Å². The fourth-order valence-electron chi connectivity index (χ4n) is 1.35. The van der Waals surface area contributed by atoms with Crippen LogP contribution in [-0.2, 0) is 12.3 Å². The van der Waals surface area contributed by atoms with Crippen LogP contribution in [0.15, 0.2) is 18.2 Å². The van der Waals surface area contributed by atoms with E-state index in [0.717, 1.165) is 17.1 Å². The Hall–Kier alpha value is -0.540. The number of unbranched alkanes of at least 4 members (excludes halogenated alkanes) is 1. The summed E-state index contributed by atoms with van der Waals surface area (Å²) in [6.45, 7) is 2.60. The smallest absolute Gasteiger partial charge is 0.123 e. The molecule has 0 heterocycles. The molecule has 0 amide bonds. The van der Waals surface area contributed by atoms with Gasteiger partial charge in [0.05, 0.1) is 0 Å². The van der Waals surface area contributed by atoms with Crippen LogP contribution >= 0.6 is 11.8 Å². The summed E-state index contributed by atoms with van der Waals surface area (Å²) in [5, 5.41) is 0. The molecule has 3 heteroatoms. The molecule has 0 aromatic heterocycles. The van der Waals surface area contributed by atoms with E-state index in [1.165, 1.54) is 30.5 Å². The van der Waals surface area contributed by atoms with Gasteiger partial charge in [-0.25, -0.2) is 4.39 Å². The molecule has 0 saturated carbocycles. The van der Waals surface area contributed by atoms with Crippen molar-refractivity contribution >= 4 is 11.8 Å². The number of halogens is 1. The molecule has 15 heavy (non-hydrogen) atoms. The molecule has 1 aromatic rings. The molecular formula is C12H18FNS. The van der Waals surface area contributed by atoms with Crippen molar-refractivity contribution < 1.29 is 4.39 Å². The van der Waals surface area contributed by atoms with Gasteiger partial charge in [-0.1, -0.05) is 19.4 Å². The number of benzene rings is 1. The highest BCUT2D eigenvalue weighted by Gasteiger charge is 2.02. The molecule has 0 saturated heterocycles. The van der Waals surface area contributed by atoms with Gasteiger partial charge in [0, 0.05) is 12.3 Å². The van der Waals surface area contributed by atoms with E-state index < -0.39 is 0 Å². The third kappa shape index (κ3) is 4.22. The van der Waals surface area contributed by atoms with Gasteiger partial charge >= 0.3 is 0 Å². The summed E-state index contributed by atoms with van der Waals surface area (Å²) >= 11 is 1.89. The molecule has 1 aromatic carbocycles. The van der Waals surface area contributed by atoms with Gasteiger partial charge in [0.15, 0.2) is 0 Å². The Labute approximate surface area is 95.2 Å². The average molecular weight is 227 g/mol. The maximum Gasteiger partial charge on any atom is 0.123 e. The van der Waals surface area contributed by atoms with Crippen LogP contribution in [0.25, 0.3) is 0 Å². The topological polar surface area (TPSA) is 26.0 Å². The average Bonchev–Trinajstić information content (AvgIpc) is 2.26. The van der Waals surface area contributed by atoms with Crippen molar-refractivity contribution in [3.63, 3.8) is 0 Å². The third-order valence-electron chi connectivity index (χ3n) is 2.29. The summed E-state index contributed by atoms with van der Waals surface area (Å²) in [7, 11) is 0. The summed E-state index contributed by atoms with van der Waals surface area (Å²) in [5.41, 5.74) is 7.67. The van der Waals surface area contributed by atoms with E-state index in [2.05, 4.69) is 6.92 Å². The lowest BCUT2D eigenvalue weighted by atomic mass is 10.1. The molecule has 2 N–H and O–H groups in total. The predicted molar refractivity (Wildman–Crippen MR) is 65.4 cm³/mol. The zero-order valence-corrected chi connectivity index (χ0v) is 9.95. The zero-order chi connectivity index (χ0) is 11.1. The minimum Gasteiger partial charge on any atom is -0.326 e. The second-order valence-electron chi connectivity index (χ2n) is 3.52. The first kappa shape index (κ1) is 12.5. The van der Waals surface area contributed by atoms with Crippen molar-refractivity contribution in [1.82, 2.24) is 0 Å². The molecule has 0 radical (unpaired) electrons. The fraction of sp³-hybridized carbons (Fsp3) is 0.500. The van der Waals surface area contributed by atoms with Gasteiger partial charge in [-0.15, -0.1) is 0 Å². The first-order valence-corrected chi connectivity index (χ1v) is 6.48. The first-order chi connectivity index (χ1) is 7.27. The molecule has 0 spiro atoms. The van der Waals surface area contributed by atoms with Crippen LogP contribution in [0.3, 0.4) is 0 Å². The molecule has 84 valence electrons. The highest BCUT2D eigenvalue weighted by atomic mass is 32.2. The van der Waals surface area contributed by atoms with Crippen molar-refractivity contribution in [2.45, 2.75) is 32.1 Å². The van der Waals surface area contributed by atoms with Crippen LogP contribution in [0, 0.1) is 5.82 Å². The number of thioether (sulfide) groups is 1. The summed E-state index contributed by atoms with van der Waals surface area (Å²) in [4.78, 5) is 0. The van der Waals surface area contributed by atoms with Crippen molar-refractivity contribution in [2.24, 2.45) is 5.73 Å².